The minimum absolute atomic E-state index is 0.0883. The molecule has 1 N–H and O–H groups in total. The van der Waals surface area contributed by atoms with Gasteiger partial charge in [0.05, 0.1) is 22.7 Å². The number of nitrogens with zero attached hydrogens (tertiary/aromatic N) is 3. The first-order chi connectivity index (χ1) is 12.3. The van der Waals surface area contributed by atoms with E-state index < -0.39 is 10.9 Å². The summed E-state index contributed by atoms with van der Waals surface area (Å²) in [6, 6.07) is 9.30. The van der Waals surface area contributed by atoms with Crippen LogP contribution < -0.4 is 0 Å². The molecule has 3 aromatic rings. The summed E-state index contributed by atoms with van der Waals surface area (Å²) >= 11 is 12.1. The summed E-state index contributed by atoms with van der Waals surface area (Å²) in [6.07, 6.45) is 2.30. The van der Waals surface area contributed by atoms with Gasteiger partial charge in [-0.2, -0.15) is 5.10 Å². The molecule has 0 unspecified atom stereocenters. The number of carbonyl (C=O) groups is 1. The summed E-state index contributed by atoms with van der Waals surface area (Å²) in [5.41, 5.74) is 1.52. The van der Waals surface area contributed by atoms with Gasteiger partial charge in [-0.05, 0) is 29.8 Å². The number of halogens is 2. The number of benzene rings is 2. The number of non-ortho nitro benzene ring substituents is 1. The van der Waals surface area contributed by atoms with Gasteiger partial charge < -0.3 is 5.11 Å². The number of nitro benzene ring substituents is 1. The van der Waals surface area contributed by atoms with Gasteiger partial charge in [0.2, 0.25) is 0 Å². The SMILES string of the molecule is O=C(O)/C=C/c1nn(Cc2ccc(Cl)cc2Cl)c2cc([N+](=O)[O-])ccc12. The maximum Gasteiger partial charge on any atom is 0.328 e. The van der Waals surface area contributed by atoms with E-state index in [1.165, 1.54) is 18.2 Å². The predicted octanol–water partition coefficient (Wildman–Crippen LogP) is 4.40. The molecule has 0 amide bonds. The molecule has 2 aromatic carbocycles. The van der Waals surface area contributed by atoms with E-state index >= 15 is 0 Å². The minimum atomic E-state index is -1.12. The topological polar surface area (TPSA) is 98.3 Å². The number of rotatable bonds is 5. The molecule has 0 saturated heterocycles. The number of hydrogen-bond donors (Lipinski definition) is 1. The fourth-order valence-corrected chi connectivity index (χ4v) is 2.97. The average Bonchev–Trinajstić information content (AvgIpc) is 2.92. The van der Waals surface area contributed by atoms with Crippen LogP contribution in [0, 0.1) is 10.1 Å². The highest BCUT2D eigenvalue weighted by molar-refractivity contribution is 6.35. The molecule has 1 heterocycles. The Morgan fingerprint density at radius 3 is 2.69 bits per heavy atom. The van der Waals surface area contributed by atoms with Gasteiger partial charge in [0.25, 0.3) is 5.69 Å². The predicted molar refractivity (Wildman–Crippen MR) is 98.6 cm³/mol. The molecule has 0 aliphatic heterocycles. The number of hydrogen-bond acceptors (Lipinski definition) is 4. The van der Waals surface area contributed by atoms with Gasteiger partial charge in [-0.3, -0.25) is 14.8 Å². The summed E-state index contributed by atoms with van der Waals surface area (Å²) < 4.78 is 1.54. The maximum absolute atomic E-state index is 11.1. The standard InChI is InChI=1S/C17H11Cl2N3O4/c18-11-2-1-10(14(19)7-11)9-21-16-8-12(22(25)26)3-4-13(16)15(20-21)5-6-17(23)24/h1-8H,9H2,(H,23,24)/b6-5+. The maximum atomic E-state index is 11.1. The molecule has 9 heteroatoms. The molecule has 7 nitrogen and oxygen atoms in total. The monoisotopic (exact) mass is 391 g/mol. The third-order valence-electron chi connectivity index (χ3n) is 3.69. The first-order valence-electron chi connectivity index (χ1n) is 7.35. The Kier molecular flexibility index (Phi) is 4.92. The third-order valence-corrected chi connectivity index (χ3v) is 4.28. The van der Waals surface area contributed by atoms with Gasteiger partial charge in [0.15, 0.2) is 0 Å². The zero-order chi connectivity index (χ0) is 18.8. The van der Waals surface area contributed by atoms with Gasteiger partial charge in [0.1, 0.15) is 0 Å². The molecule has 0 fully saturated rings. The molecular weight excluding hydrogens is 381 g/mol. The van der Waals surface area contributed by atoms with Crippen LogP contribution in [0.15, 0.2) is 42.5 Å². The largest absolute Gasteiger partial charge is 0.478 e. The molecule has 0 aliphatic rings. The lowest BCUT2D eigenvalue weighted by molar-refractivity contribution is -0.384. The van der Waals surface area contributed by atoms with Gasteiger partial charge in [-0.1, -0.05) is 29.3 Å². The van der Waals surface area contributed by atoms with Crippen molar-refractivity contribution in [2.24, 2.45) is 0 Å². The van der Waals surface area contributed by atoms with Crippen LogP contribution >= 0.6 is 23.2 Å². The third kappa shape index (κ3) is 3.68. The molecule has 0 saturated carbocycles. The van der Waals surface area contributed by atoms with E-state index in [0.717, 1.165) is 11.6 Å². The van der Waals surface area contributed by atoms with Gasteiger partial charge >= 0.3 is 5.97 Å². The molecule has 132 valence electrons. The Labute approximate surface area is 157 Å². The number of carboxylic acids is 1. The second-order valence-corrected chi connectivity index (χ2v) is 6.25. The highest BCUT2D eigenvalue weighted by atomic mass is 35.5. The van der Waals surface area contributed by atoms with E-state index in [4.69, 9.17) is 28.3 Å². The van der Waals surface area contributed by atoms with Crippen LogP contribution in [-0.2, 0) is 11.3 Å². The Balaban J connectivity index is 2.14. The van der Waals surface area contributed by atoms with E-state index in [9.17, 15) is 14.9 Å². The van der Waals surface area contributed by atoms with Gasteiger partial charge in [0, 0.05) is 33.6 Å². The zero-order valence-corrected chi connectivity index (χ0v) is 14.6. The Bertz CT molecular complexity index is 1060. The molecule has 0 spiro atoms. The van der Waals surface area contributed by atoms with E-state index in [1.54, 1.807) is 28.9 Å². The zero-order valence-electron chi connectivity index (χ0n) is 13.1. The molecule has 26 heavy (non-hydrogen) atoms. The Morgan fingerprint density at radius 2 is 2.04 bits per heavy atom. The van der Waals surface area contributed by atoms with Crippen molar-refractivity contribution in [3.63, 3.8) is 0 Å². The lowest BCUT2D eigenvalue weighted by atomic mass is 10.1. The minimum Gasteiger partial charge on any atom is -0.478 e. The van der Waals surface area contributed by atoms with Crippen LogP contribution in [0.4, 0.5) is 5.69 Å². The Hall–Kier alpha value is -2.90. The summed E-state index contributed by atoms with van der Waals surface area (Å²) in [5.74, 6) is -1.12. The van der Waals surface area contributed by atoms with Crippen molar-refractivity contribution in [3.8, 4) is 0 Å². The molecule has 0 bridgehead atoms. The van der Waals surface area contributed by atoms with E-state index in [0.29, 0.717) is 26.6 Å². The Morgan fingerprint density at radius 1 is 1.27 bits per heavy atom. The van der Waals surface area contributed by atoms with E-state index in [2.05, 4.69) is 5.10 Å². The quantitative estimate of drug-likeness (QED) is 0.394. The van der Waals surface area contributed by atoms with Crippen molar-refractivity contribution < 1.29 is 14.8 Å². The molecule has 1 aromatic heterocycles. The number of fused-ring (bicyclic) bond motifs is 1. The molecular formula is C17H11Cl2N3O4. The second-order valence-electron chi connectivity index (χ2n) is 5.41. The lowest BCUT2D eigenvalue weighted by Gasteiger charge is -2.06. The molecule has 0 radical (unpaired) electrons. The number of aromatic nitrogens is 2. The fraction of sp³-hybridized carbons (Fsp3) is 0.0588. The molecule has 0 atom stereocenters. The summed E-state index contributed by atoms with van der Waals surface area (Å²) in [7, 11) is 0. The summed E-state index contributed by atoms with van der Waals surface area (Å²) in [6.45, 7) is 0.245. The smallest absolute Gasteiger partial charge is 0.328 e. The van der Waals surface area contributed by atoms with Crippen molar-refractivity contribution in [1.29, 1.82) is 0 Å². The summed E-state index contributed by atoms with van der Waals surface area (Å²) in [5, 5.41) is 25.8. The van der Waals surface area contributed by atoms with Crippen LogP contribution in [0.5, 0.6) is 0 Å². The van der Waals surface area contributed by atoms with Crippen LogP contribution in [0.1, 0.15) is 11.3 Å². The first-order valence-corrected chi connectivity index (χ1v) is 8.10. The number of carboxylic acid groups (broad SMARTS) is 1. The van der Waals surface area contributed by atoms with Crippen molar-refractivity contribution in [2.45, 2.75) is 6.54 Å². The number of aliphatic carboxylic acids is 1. The van der Waals surface area contributed by atoms with Crippen molar-refractivity contribution >= 4 is 51.8 Å². The van der Waals surface area contributed by atoms with Gasteiger partial charge in [-0.15, -0.1) is 0 Å². The van der Waals surface area contributed by atoms with Crippen LogP contribution in [0.2, 0.25) is 10.0 Å². The van der Waals surface area contributed by atoms with Crippen molar-refractivity contribution in [3.05, 3.63) is 73.9 Å². The van der Waals surface area contributed by atoms with E-state index in [1.807, 2.05) is 0 Å². The fourth-order valence-electron chi connectivity index (χ4n) is 2.51. The van der Waals surface area contributed by atoms with Crippen LogP contribution in [-0.4, -0.2) is 25.8 Å². The first kappa shape index (κ1) is 17.9. The van der Waals surface area contributed by atoms with Crippen molar-refractivity contribution in [2.75, 3.05) is 0 Å². The van der Waals surface area contributed by atoms with Gasteiger partial charge in [-0.25, -0.2) is 4.79 Å². The molecule has 0 aliphatic carbocycles. The lowest BCUT2D eigenvalue weighted by Crippen LogP contribution is -2.03. The highest BCUT2D eigenvalue weighted by Gasteiger charge is 2.15. The normalized spacial score (nSPS) is 11.3. The highest BCUT2D eigenvalue weighted by Crippen LogP contribution is 2.27. The average molecular weight is 392 g/mol. The van der Waals surface area contributed by atoms with Crippen LogP contribution in [0.3, 0.4) is 0 Å². The summed E-state index contributed by atoms with van der Waals surface area (Å²) in [4.78, 5) is 21.4. The molecule has 3 rings (SSSR count). The number of nitro groups is 1. The van der Waals surface area contributed by atoms with E-state index in [-0.39, 0.29) is 12.2 Å². The van der Waals surface area contributed by atoms with Crippen LogP contribution in [0.25, 0.3) is 17.0 Å². The second kappa shape index (κ2) is 7.15. The van der Waals surface area contributed by atoms with Crippen molar-refractivity contribution in [1.82, 2.24) is 9.78 Å².